The minimum absolute atomic E-state index is 0.195. The topological polar surface area (TPSA) is 33.5 Å². The predicted molar refractivity (Wildman–Crippen MR) is 90.8 cm³/mol. The number of furan rings is 1. The van der Waals surface area contributed by atoms with Crippen molar-refractivity contribution in [3.8, 4) is 0 Å². The lowest BCUT2D eigenvalue weighted by molar-refractivity contribution is 0.0755. The molecule has 0 aliphatic heterocycles. The van der Waals surface area contributed by atoms with E-state index in [1.165, 1.54) is 12.1 Å². The third-order valence-corrected chi connectivity index (χ3v) is 4.27. The summed E-state index contributed by atoms with van der Waals surface area (Å²) in [7, 11) is 1.70. The number of benzene rings is 2. The molecule has 23 heavy (non-hydrogen) atoms. The Morgan fingerprint density at radius 1 is 1.22 bits per heavy atom. The molecule has 118 valence electrons. The molecule has 3 nitrogen and oxygen atoms in total. The largest absolute Gasteiger partial charge is 0.451 e. The molecule has 0 aliphatic rings. The van der Waals surface area contributed by atoms with Crippen molar-refractivity contribution in [1.82, 2.24) is 4.90 Å². The zero-order valence-electron chi connectivity index (χ0n) is 12.8. The quantitative estimate of drug-likeness (QED) is 0.651. The van der Waals surface area contributed by atoms with Crippen molar-refractivity contribution in [1.29, 1.82) is 0 Å². The van der Waals surface area contributed by atoms with Crippen LogP contribution < -0.4 is 0 Å². The van der Waals surface area contributed by atoms with Gasteiger partial charge in [-0.25, -0.2) is 4.39 Å². The first kappa shape index (κ1) is 15.7. The van der Waals surface area contributed by atoms with E-state index in [0.29, 0.717) is 17.9 Å². The number of hydrogen-bond acceptors (Lipinski definition) is 2. The number of aryl methyl sites for hydroxylation is 1. The highest BCUT2D eigenvalue weighted by atomic mass is 79.9. The number of amides is 1. The molecule has 0 radical (unpaired) electrons. The van der Waals surface area contributed by atoms with E-state index < -0.39 is 0 Å². The molecule has 0 bridgehead atoms. The summed E-state index contributed by atoms with van der Waals surface area (Å²) in [4.78, 5) is 14.2. The van der Waals surface area contributed by atoms with Gasteiger partial charge < -0.3 is 9.32 Å². The van der Waals surface area contributed by atoms with E-state index in [4.69, 9.17) is 4.42 Å². The van der Waals surface area contributed by atoms with Crippen molar-refractivity contribution in [3.63, 3.8) is 0 Å². The van der Waals surface area contributed by atoms with Crippen LogP contribution in [-0.4, -0.2) is 17.9 Å². The van der Waals surface area contributed by atoms with Gasteiger partial charge in [-0.2, -0.15) is 0 Å². The van der Waals surface area contributed by atoms with Gasteiger partial charge in [0.05, 0.1) is 0 Å². The standard InChI is InChI=1S/C18H15BrFNO2/c1-11-15-9-13(19)5-8-16(15)23-17(11)18(22)21(2)10-12-3-6-14(20)7-4-12/h3-9H,10H2,1-2H3. The van der Waals surface area contributed by atoms with Crippen molar-refractivity contribution < 1.29 is 13.6 Å². The molecule has 1 aromatic heterocycles. The van der Waals surface area contributed by atoms with Gasteiger partial charge in [-0.3, -0.25) is 4.79 Å². The highest BCUT2D eigenvalue weighted by molar-refractivity contribution is 9.10. The molecule has 5 heteroatoms. The van der Waals surface area contributed by atoms with Gasteiger partial charge in [0.25, 0.3) is 5.91 Å². The highest BCUT2D eigenvalue weighted by Crippen LogP contribution is 2.28. The average Bonchev–Trinajstić information content (AvgIpc) is 2.85. The number of hydrogen-bond donors (Lipinski definition) is 0. The van der Waals surface area contributed by atoms with Crippen molar-refractivity contribution in [3.05, 3.63) is 69.6 Å². The summed E-state index contributed by atoms with van der Waals surface area (Å²) in [6.45, 7) is 2.26. The minimum Gasteiger partial charge on any atom is -0.451 e. The monoisotopic (exact) mass is 375 g/mol. The lowest BCUT2D eigenvalue weighted by atomic mass is 10.1. The molecule has 0 aliphatic carbocycles. The number of rotatable bonds is 3. The molecule has 0 spiro atoms. The van der Waals surface area contributed by atoms with Crippen LogP contribution in [0.15, 0.2) is 51.4 Å². The molecule has 0 saturated carbocycles. The zero-order chi connectivity index (χ0) is 16.6. The van der Waals surface area contributed by atoms with Gasteiger partial charge in [0.2, 0.25) is 0 Å². The van der Waals surface area contributed by atoms with E-state index >= 15 is 0 Å². The minimum atomic E-state index is -0.290. The van der Waals surface area contributed by atoms with E-state index in [9.17, 15) is 9.18 Å². The van der Waals surface area contributed by atoms with Gasteiger partial charge >= 0.3 is 0 Å². The first-order valence-electron chi connectivity index (χ1n) is 7.14. The van der Waals surface area contributed by atoms with Crippen molar-refractivity contribution in [2.24, 2.45) is 0 Å². The number of carbonyl (C=O) groups excluding carboxylic acids is 1. The zero-order valence-corrected chi connectivity index (χ0v) is 14.4. The first-order valence-corrected chi connectivity index (χ1v) is 7.93. The fourth-order valence-electron chi connectivity index (χ4n) is 2.51. The number of fused-ring (bicyclic) bond motifs is 1. The van der Waals surface area contributed by atoms with Crippen LogP contribution in [0.25, 0.3) is 11.0 Å². The molecule has 1 heterocycles. The van der Waals surface area contributed by atoms with Crippen molar-refractivity contribution in [2.45, 2.75) is 13.5 Å². The van der Waals surface area contributed by atoms with E-state index in [1.54, 1.807) is 24.1 Å². The van der Waals surface area contributed by atoms with Crippen LogP contribution in [0.3, 0.4) is 0 Å². The predicted octanol–water partition coefficient (Wildman–Crippen LogP) is 4.92. The maximum atomic E-state index is 13.0. The highest BCUT2D eigenvalue weighted by Gasteiger charge is 2.21. The Labute approximate surface area is 141 Å². The average molecular weight is 376 g/mol. The second-order valence-electron chi connectivity index (χ2n) is 5.48. The smallest absolute Gasteiger partial charge is 0.289 e. The van der Waals surface area contributed by atoms with Gasteiger partial charge in [-0.05, 0) is 42.8 Å². The fraction of sp³-hybridized carbons (Fsp3) is 0.167. The van der Waals surface area contributed by atoms with Gasteiger partial charge in [-0.1, -0.05) is 28.1 Å². The Bertz CT molecular complexity index is 871. The summed E-state index contributed by atoms with van der Waals surface area (Å²) in [5, 5.41) is 0.915. The molecular formula is C18H15BrFNO2. The Balaban J connectivity index is 1.87. The molecule has 0 saturated heterocycles. The molecule has 1 amide bonds. The van der Waals surface area contributed by atoms with Crippen LogP contribution in [0.5, 0.6) is 0 Å². The summed E-state index contributed by atoms with van der Waals surface area (Å²) in [5.41, 5.74) is 2.36. The van der Waals surface area contributed by atoms with Gasteiger partial charge in [0, 0.05) is 29.0 Å². The molecular weight excluding hydrogens is 361 g/mol. The first-order chi connectivity index (χ1) is 11.0. The van der Waals surface area contributed by atoms with Crippen LogP contribution in [0, 0.1) is 12.7 Å². The number of nitrogens with zero attached hydrogens (tertiary/aromatic N) is 1. The second kappa shape index (κ2) is 6.16. The molecule has 3 rings (SSSR count). The normalized spacial score (nSPS) is 11.0. The molecule has 2 aromatic carbocycles. The lowest BCUT2D eigenvalue weighted by Crippen LogP contribution is -2.26. The van der Waals surface area contributed by atoms with E-state index in [-0.39, 0.29) is 11.7 Å². The third kappa shape index (κ3) is 3.15. The maximum absolute atomic E-state index is 13.0. The number of carbonyl (C=O) groups is 1. The van der Waals surface area contributed by atoms with E-state index in [1.807, 2.05) is 25.1 Å². The molecule has 0 unspecified atom stereocenters. The van der Waals surface area contributed by atoms with Crippen molar-refractivity contribution >= 4 is 32.8 Å². The van der Waals surface area contributed by atoms with E-state index in [2.05, 4.69) is 15.9 Å². The third-order valence-electron chi connectivity index (χ3n) is 3.77. The summed E-state index contributed by atoms with van der Waals surface area (Å²) < 4.78 is 19.6. The lowest BCUT2D eigenvalue weighted by Gasteiger charge is -2.16. The van der Waals surface area contributed by atoms with Gasteiger partial charge in [0.15, 0.2) is 5.76 Å². The molecule has 0 N–H and O–H groups in total. The Morgan fingerprint density at radius 3 is 2.61 bits per heavy atom. The second-order valence-corrected chi connectivity index (χ2v) is 6.40. The van der Waals surface area contributed by atoms with Crippen LogP contribution in [0.1, 0.15) is 21.7 Å². The summed E-state index contributed by atoms with van der Waals surface area (Å²) in [6.07, 6.45) is 0. The van der Waals surface area contributed by atoms with Crippen LogP contribution in [-0.2, 0) is 6.54 Å². The van der Waals surface area contributed by atoms with Gasteiger partial charge in [-0.15, -0.1) is 0 Å². The number of halogens is 2. The Morgan fingerprint density at radius 2 is 1.91 bits per heavy atom. The fourth-order valence-corrected chi connectivity index (χ4v) is 2.87. The van der Waals surface area contributed by atoms with Crippen molar-refractivity contribution in [2.75, 3.05) is 7.05 Å². The Hall–Kier alpha value is -2.14. The SMILES string of the molecule is Cc1c(C(=O)N(C)Cc2ccc(F)cc2)oc2ccc(Br)cc12. The van der Waals surface area contributed by atoms with Crippen LogP contribution in [0.2, 0.25) is 0 Å². The maximum Gasteiger partial charge on any atom is 0.289 e. The molecule has 0 fully saturated rings. The summed E-state index contributed by atoms with van der Waals surface area (Å²) >= 11 is 3.42. The summed E-state index contributed by atoms with van der Waals surface area (Å²) in [6, 6.07) is 11.8. The summed E-state index contributed by atoms with van der Waals surface area (Å²) in [5.74, 6) is -0.150. The van der Waals surface area contributed by atoms with Crippen LogP contribution >= 0.6 is 15.9 Å². The van der Waals surface area contributed by atoms with Gasteiger partial charge in [0.1, 0.15) is 11.4 Å². The van der Waals surface area contributed by atoms with E-state index in [0.717, 1.165) is 21.0 Å². The molecule has 0 atom stereocenters. The molecule has 3 aromatic rings. The Kier molecular flexibility index (Phi) is 4.22. The van der Waals surface area contributed by atoms with Crippen LogP contribution in [0.4, 0.5) is 4.39 Å².